The Hall–Kier alpha value is -1.90. The molecule has 0 aliphatic heterocycles. The molecule has 1 aromatic carbocycles. The number of hydrogen-bond donors (Lipinski definition) is 3. The molecule has 0 saturated heterocycles. The summed E-state index contributed by atoms with van der Waals surface area (Å²) in [6.45, 7) is 10.4. The molecule has 0 unspecified atom stereocenters. The number of pyridine rings is 1. The molecule has 0 saturated carbocycles. The molecule has 3 N–H and O–H groups in total. The van der Waals surface area contributed by atoms with Crippen molar-refractivity contribution < 1.29 is 19.9 Å². The Bertz CT molecular complexity index is 830. The van der Waals surface area contributed by atoms with Gasteiger partial charge in [0.1, 0.15) is 5.56 Å². The number of carbonyl (C=O) groups is 1. The maximum atomic E-state index is 12.1. The molecule has 1 heterocycles. The van der Waals surface area contributed by atoms with Gasteiger partial charge in [-0.3, -0.25) is 4.79 Å². The Kier molecular flexibility index (Phi) is 9.41. The molecular weight excluding hydrogens is 389 g/mol. The number of carboxylic acids is 1. The first-order valence-electron chi connectivity index (χ1n) is 7.61. The first-order valence-corrected chi connectivity index (χ1v) is 8.40. The van der Waals surface area contributed by atoms with E-state index in [4.69, 9.17) is 15.2 Å². The van der Waals surface area contributed by atoms with Crippen molar-refractivity contribution in [3.8, 4) is 0 Å². The van der Waals surface area contributed by atoms with Gasteiger partial charge in [-0.1, -0.05) is 35.2 Å². The summed E-state index contributed by atoms with van der Waals surface area (Å²) in [5.74, 6) is -1.19. The molecule has 2 aromatic rings. The van der Waals surface area contributed by atoms with E-state index in [2.05, 4.69) is 22.5 Å². The molecule has 0 radical (unpaired) electrons. The van der Waals surface area contributed by atoms with Crippen LogP contribution in [0.2, 0.25) is 0 Å². The summed E-state index contributed by atoms with van der Waals surface area (Å²) in [6, 6.07) is 5.25. The highest BCUT2D eigenvalue weighted by Crippen LogP contribution is 2.19. The van der Waals surface area contributed by atoms with Gasteiger partial charge in [0.05, 0.1) is 5.52 Å². The molecule has 136 valence electrons. The number of nitrogens with zero attached hydrogens (tertiary/aromatic N) is 1. The van der Waals surface area contributed by atoms with Crippen LogP contribution in [0.15, 0.2) is 39.5 Å². The van der Waals surface area contributed by atoms with Gasteiger partial charge >= 0.3 is 13.1 Å². The van der Waals surface area contributed by atoms with E-state index in [-0.39, 0.29) is 5.56 Å². The van der Waals surface area contributed by atoms with Crippen LogP contribution in [0.4, 0.5) is 0 Å². The minimum absolute atomic E-state index is 0.168. The fourth-order valence-electron chi connectivity index (χ4n) is 1.88. The molecule has 0 spiro atoms. The van der Waals surface area contributed by atoms with E-state index in [1.54, 1.807) is 37.6 Å². The van der Waals surface area contributed by atoms with Crippen molar-refractivity contribution in [3.05, 3.63) is 56.2 Å². The third-order valence-electron chi connectivity index (χ3n) is 3.31. The Morgan fingerprint density at radius 1 is 1.28 bits per heavy atom. The minimum Gasteiger partial charge on any atom is -0.477 e. The molecule has 6 nitrogen and oxygen atoms in total. The SMILES string of the molecule is C=C(C)B(O)O.CC.Cc1c(C(=O)O)c(=O)c2cc(Br)ccc2n1C. The van der Waals surface area contributed by atoms with E-state index in [0.29, 0.717) is 16.6 Å². The van der Waals surface area contributed by atoms with Gasteiger partial charge < -0.3 is 19.7 Å². The molecule has 0 amide bonds. The molecule has 0 aliphatic rings. The highest BCUT2D eigenvalue weighted by atomic mass is 79.9. The largest absolute Gasteiger partial charge is 0.483 e. The number of aryl methyl sites for hydroxylation is 1. The number of benzene rings is 1. The number of aromatic carboxylic acids is 1. The first kappa shape index (κ1) is 23.1. The second-order valence-electron chi connectivity index (χ2n) is 5.04. The summed E-state index contributed by atoms with van der Waals surface area (Å²) in [7, 11) is 0.405. The topological polar surface area (TPSA) is 99.8 Å². The van der Waals surface area contributed by atoms with Crippen LogP contribution >= 0.6 is 15.9 Å². The zero-order valence-corrected chi connectivity index (χ0v) is 16.6. The van der Waals surface area contributed by atoms with Gasteiger partial charge in [-0.2, -0.15) is 0 Å². The van der Waals surface area contributed by atoms with Crippen molar-refractivity contribution in [3.63, 3.8) is 0 Å². The third kappa shape index (κ3) is 5.84. The zero-order chi connectivity index (χ0) is 19.9. The lowest BCUT2D eigenvalue weighted by molar-refractivity contribution is 0.0694. The lowest BCUT2D eigenvalue weighted by atomic mass is 9.82. The molecule has 0 fully saturated rings. The van der Waals surface area contributed by atoms with Crippen molar-refractivity contribution in [2.75, 3.05) is 0 Å². The van der Waals surface area contributed by atoms with Crippen molar-refractivity contribution in [2.24, 2.45) is 7.05 Å². The van der Waals surface area contributed by atoms with E-state index in [1.165, 1.54) is 0 Å². The zero-order valence-electron chi connectivity index (χ0n) is 15.0. The maximum Gasteiger partial charge on any atom is 0.483 e. The van der Waals surface area contributed by atoms with Gasteiger partial charge in [0.25, 0.3) is 0 Å². The number of fused-ring (bicyclic) bond motifs is 1. The maximum absolute atomic E-state index is 12.1. The summed E-state index contributed by atoms with van der Waals surface area (Å²) in [5.41, 5.74) is 0.940. The number of rotatable bonds is 2. The third-order valence-corrected chi connectivity index (χ3v) is 3.80. The van der Waals surface area contributed by atoms with Crippen LogP contribution in [0.1, 0.15) is 36.8 Å². The Balaban J connectivity index is 0.000000614. The molecular formula is C17H23BBrNO5. The van der Waals surface area contributed by atoms with Gasteiger partial charge in [-0.05, 0) is 32.0 Å². The Morgan fingerprint density at radius 2 is 1.76 bits per heavy atom. The summed E-state index contributed by atoms with van der Waals surface area (Å²) in [4.78, 5) is 23.2. The Morgan fingerprint density at radius 3 is 2.16 bits per heavy atom. The molecule has 25 heavy (non-hydrogen) atoms. The minimum atomic E-state index is -1.34. The van der Waals surface area contributed by atoms with Crippen LogP contribution in [-0.2, 0) is 7.05 Å². The number of allylic oxidation sites excluding steroid dienone is 1. The molecule has 0 atom stereocenters. The predicted octanol–water partition coefficient (Wildman–Crippen LogP) is 2.91. The van der Waals surface area contributed by atoms with E-state index in [1.807, 2.05) is 19.9 Å². The van der Waals surface area contributed by atoms with E-state index in [9.17, 15) is 9.59 Å². The average molecular weight is 412 g/mol. The van der Waals surface area contributed by atoms with Crippen molar-refractivity contribution in [2.45, 2.75) is 27.7 Å². The van der Waals surface area contributed by atoms with Crippen LogP contribution in [0, 0.1) is 6.92 Å². The summed E-state index contributed by atoms with van der Waals surface area (Å²) < 4.78 is 2.47. The monoisotopic (exact) mass is 411 g/mol. The predicted molar refractivity (Wildman–Crippen MR) is 105 cm³/mol. The van der Waals surface area contributed by atoms with Crippen LogP contribution in [0.3, 0.4) is 0 Å². The van der Waals surface area contributed by atoms with Gasteiger partial charge in [0, 0.05) is 22.6 Å². The van der Waals surface area contributed by atoms with E-state index < -0.39 is 18.5 Å². The van der Waals surface area contributed by atoms with Crippen molar-refractivity contribution in [1.29, 1.82) is 0 Å². The number of hydrogen-bond acceptors (Lipinski definition) is 4. The summed E-state index contributed by atoms with van der Waals surface area (Å²) in [5, 5.41) is 25.7. The lowest BCUT2D eigenvalue weighted by Crippen LogP contribution is -2.21. The van der Waals surface area contributed by atoms with Gasteiger partial charge in [0.2, 0.25) is 5.43 Å². The first-order chi connectivity index (χ1) is 11.6. The molecule has 2 rings (SSSR count). The molecule has 0 aliphatic carbocycles. The van der Waals surface area contributed by atoms with Gasteiger partial charge in [0.15, 0.2) is 0 Å². The quantitative estimate of drug-likeness (QED) is 0.659. The number of aromatic nitrogens is 1. The summed E-state index contributed by atoms with van der Waals surface area (Å²) >= 11 is 3.28. The van der Waals surface area contributed by atoms with Crippen LogP contribution in [-0.4, -0.2) is 32.8 Å². The highest BCUT2D eigenvalue weighted by molar-refractivity contribution is 9.10. The smallest absolute Gasteiger partial charge is 0.477 e. The molecule has 0 bridgehead atoms. The fourth-order valence-corrected chi connectivity index (χ4v) is 2.24. The average Bonchev–Trinajstić information content (AvgIpc) is 2.55. The van der Waals surface area contributed by atoms with E-state index in [0.717, 1.165) is 9.99 Å². The highest BCUT2D eigenvalue weighted by Gasteiger charge is 2.17. The summed E-state index contributed by atoms with van der Waals surface area (Å²) in [6.07, 6.45) is 0. The molecule has 1 aromatic heterocycles. The molecule has 8 heteroatoms. The standard InChI is InChI=1S/C12H10BrNO3.C3H7BO2.C2H6/c1-6-10(12(16)17)11(15)8-5-7(13)3-4-9(8)14(6)2;1-3(2)4(5)6;1-2/h3-5H,1-2H3,(H,16,17);5-6H,1H2,2H3;1-2H3. The lowest BCUT2D eigenvalue weighted by Gasteiger charge is -2.12. The second-order valence-corrected chi connectivity index (χ2v) is 5.95. The van der Waals surface area contributed by atoms with Crippen LogP contribution in [0.25, 0.3) is 10.9 Å². The fraction of sp³-hybridized carbons (Fsp3) is 0.294. The van der Waals surface area contributed by atoms with Crippen molar-refractivity contribution in [1.82, 2.24) is 4.57 Å². The van der Waals surface area contributed by atoms with Gasteiger partial charge in [-0.15, -0.1) is 6.58 Å². The Labute approximate surface area is 155 Å². The van der Waals surface area contributed by atoms with E-state index >= 15 is 0 Å². The van der Waals surface area contributed by atoms with Crippen molar-refractivity contribution >= 4 is 39.9 Å². The number of carboxylic acid groups (broad SMARTS) is 1. The van der Waals surface area contributed by atoms with Gasteiger partial charge in [-0.25, -0.2) is 4.79 Å². The van der Waals surface area contributed by atoms with Crippen LogP contribution in [0.5, 0.6) is 0 Å². The number of halogens is 1. The second kappa shape index (κ2) is 10.2. The van der Waals surface area contributed by atoms with Crippen LogP contribution < -0.4 is 5.43 Å². The normalized spacial score (nSPS) is 9.44.